The zero-order valence-electron chi connectivity index (χ0n) is 29.7. The van der Waals surface area contributed by atoms with Crippen LogP contribution in [0.3, 0.4) is 0 Å². The molecule has 53 heavy (non-hydrogen) atoms. The summed E-state index contributed by atoms with van der Waals surface area (Å²) in [6.45, 7) is 5.55. The Balaban J connectivity index is 1.09. The van der Waals surface area contributed by atoms with Gasteiger partial charge in [0, 0.05) is 52.0 Å². The molecule has 1 saturated heterocycles. The topological polar surface area (TPSA) is 30.9 Å². The van der Waals surface area contributed by atoms with Crippen molar-refractivity contribution in [3.05, 3.63) is 185 Å². The van der Waals surface area contributed by atoms with Gasteiger partial charge in [-0.1, -0.05) is 133 Å². The molecule has 3 aliphatic rings. The van der Waals surface area contributed by atoms with Crippen LogP contribution in [0.25, 0.3) is 44.8 Å². The monoisotopic (exact) mass is 689 g/mol. The van der Waals surface area contributed by atoms with Crippen molar-refractivity contribution >= 4 is 39.4 Å². The van der Waals surface area contributed by atoms with E-state index in [-0.39, 0.29) is 6.10 Å². The highest BCUT2D eigenvalue weighted by atomic mass is 16.5. The van der Waals surface area contributed by atoms with Crippen LogP contribution in [0.15, 0.2) is 152 Å². The van der Waals surface area contributed by atoms with E-state index < -0.39 is 5.60 Å². The molecule has 4 nitrogen and oxygen atoms in total. The van der Waals surface area contributed by atoms with Gasteiger partial charge in [-0.2, -0.15) is 0 Å². The Morgan fingerprint density at radius 1 is 0.623 bits per heavy atom. The van der Waals surface area contributed by atoms with Crippen LogP contribution in [-0.2, 0) is 10.3 Å². The van der Waals surface area contributed by atoms with Gasteiger partial charge in [-0.05, 0) is 70.1 Å². The maximum absolute atomic E-state index is 7.43. The van der Waals surface area contributed by atoms with Gasteiger partial charge >= 0.3 is 0 Å². The number of rotatable bonds is 5. The van der Waals surface area contributed by atoms with Crippen LogP contribution in [-0.4, -0.2) is 26.3 Å². The van der Waals surface area contributed by atoms with E-state index in [2.05, 4.69) is 176 Å². The van der Waals surface area contributed by atoms with Crippen molar-refractivity contribution in [2.75, 3.05) is 31.2 Å². The SMILES string of the molecule is Cc1c2c(c3ccccc3c1-c1ccccc1C1C=Cc3c(ccc4ccccc34)O1)OC(c1ccccc1)(c1ccc(N3CCOCC3)cc1)C=C2. The second kappa shape index (κ2) is 12.8. The summed E-state index contributed by atoms with van der Waals surface area (Å²) in [6, 6.07) is 49.6. The van der Waals surface area contributed by atoms with Gasteiger partial charge in [-0.25, -0.2) is 0 Å². The molecule has 3 heterocycles. The van der Waals surface area contributed by atoms with Gasteiger partial charge in [0.25, 0.3) is 0 Å². The smallest absolute Gasteiger partial charge is 0.178 e. The lowest BCUT2D eigenvalue weighted by molar-refractivity contribution is 0.122. The summed E-state index contributed by atoms with van der Waals surface area (Å²) in [5.74, 6) is 1.81. The average molecular weight is 690 g/mol. The number of morpholine rings is 1. The molecule has 1 fully saturated rings. The molecule has 7 aromatic rings. The van der Waals surface area contributed by atoms with Gasteiger partial charge in [0.05, 0.1) is 13.2 Å². The highest BCUT2D eigenvalue weighted by Gasteiger charge is 2.39. The molecular weight excluding hydrogens is 651 g/mol. The van der Waals surface area contributed by atoms with E-state index in [0.717, 1.165) is 82.0 Å². The first kappa shape index (κ1) is 31.6. The highest BCUT2D eigenvalue weighted by Crippen LogP contribution is 2.50. The molecular formula is C49H39NO3. The van der Waals surface area contributed by atoms with Gasteiger partial charge in [0.15, 0.2) is 5.60 Å². The molecule has 0 aliphatic carbocycles. The fraction of sp³-hybridized carbons (Fsp3) is 0.143. The second-order valence-electron chi connectivity index (χ2n) is 14.2. The average Bonchev–Trinajstić information content (AvgIpc) is 3.24. The molecule has 10 rings (SSSR count). The largest absolute Gasteiger partial charge is 0.481 e. The minimum absolute atomic E-state index is 0.230. The van der Waals surface area contributed by atoms with E-state index in [9.17, 15) is 0 Å². The van der Waals surface area contributed by atoms with E-state index in [1.807, 2.05) is 0 Å². The first-order valence-electron chi connectivity index (χ1n) is 18.6. The van der Waals surface area contributed by atoms with Crippen LogP contribution in [0.5, 0.6) is 11.5 Å². The number of ether oxygens (including phenoxy) is 3. The minimum Gasteiger partial charge on any atom is -0.481 e. The molecule has 0 bridgehead atoms. The Morgan fingerprint density at radius 3 is 2.15 bits per heavy atom. The number of anilines is 1. The molecule has 2 atom stereocenters. The van der Waals surface area contributed by atoms with Crippen molar-refractivity contribution in [1.82, 2.24) is 0 Å². The van der Waals surface area contributed by atoms with Gasteiger partial charge < -0.3 is 19.1 Å². The van der Waals surface area contributed by atoms with Crippen LogP contribution < -0.4 is 14.4 Å². The summed E-state index contributed by atoms with van der Waals surface area (Å²) in [5.41, 5.74) is 9.49. The van der Waals surface area contributed by atoms with Crippen molar-refractivity contribution < 1.29 is 14.2 Å². The fourth-order valence-corrected chi connectivity index (χ4v) is 8.56. The summed E-state index contributed by atoms with van der Waals surface area (Å²) >= 11 is 0. The van der Waals surface area contributed by atoms with Crippen molar-refractivity contribution in [3.8, 4) is 22.6 Å². The van der Waals surface area contributed by atoms with E-state index >= 15 is 0 Å². The summed E-state index contributed by atoms with van der Waals surface area (Å²) in [6.07, 6.45) is 8.74. The molecule has 0 N–H and O–H groups in total. The van der Waals surface area contributed by atoms with Gasteiger partial charge in [-0.3, -0.25) is 0 Å². The lowest BCUT2D eigenvalue weighted by Crippen LogP contribution is -2.37. The summed E-state index contributed by atoms with van der Waals surface area (Å²) in [7, 11) is 0. The number of hydrogen-bond donors (Lipinski definition) is 0. The Kier molecular flexibility index (Phi) is 7.66. The maximum atomic E-state index is 7.43. The van der Waals surface area contributed by atoms with Crippen molar-refractivity contribution in [3.63, 3.8) is 0 Å². The number of nitrogens with zero attached hydrogens (tertiary/aromatic N) is 1. The van der Waals surface area contributed by atoms with Gasteiger partial charge in [0.2, 0.25) is 0 Å². The molecule has 0 amide bonds. The lowest BCUT2D eigenvalue weighted by atomic mass is 9.81. The quantitative estimate of drug-likeness (QED) is 0.180. The zero-order chi connectivity index (χ0) is 35.4. The third kappa shape index (κ3) is 5.24. The molecule has 4 heteroatoms. The third-order valence-corrected chi connectivity index (χ3v) is 11.2. The molecule has 2 unspecified atom stereocenters. The minimum atomic E-state index is -0.801. The molecule has 0 radical (unpaired) electrons. The van der Waals surface area contributed by atoms with E-state index in [4.69, 9.17) is 14.2 Å². The molecule has 3 aliphatic heterocycles. The Hall–Kier alpha value is -6.10. The zero-order valence-corrected chi connectivity index (χ0v) is 29.7. The Bertz CT molecular complexity index is 2570. The maximum Gasteiger partial charge on any atom is 0.178 e. The van der Waals surface area contributed by atoms with Crippen LogP contribution in [0.4, 0.5) is 5.69 Å². The van der Waals surface area contributed by atoms with Crippen LogP contribution in [0.1, 0.15) is 39.5 Å². The van der Waals surface area contributed by atoms with E-state index in [0.29, 0.717) is 0 Å². The van der Waals surface area contributed by atoms with Crippen molar-refractivity contribution in [1.29, 1.82) is 0 Å². The normalized spacial score (nSPS) is 19.0. The molecule has 0 saturated carbocycles. The standard InChI is InChI=1S/C49H39NO3/c1-33-38-27-28-49(35-12-3-2-4-13-35,36-20-22-37(23-21-36)50-29-31-51-32-30-50)53-48(38)44-18-10-9-17-43(44)47(33)42-16-8-7-15-40(42)46-26-24-41-39-14-6-5-11-34(39)19-25-45(41)52-46/h2-28,46H,29-32H2,1H3. The van der Waals surface area contributed by atoms with E-state index in [1.54, 1.807) is 0 Å². The number of fused-ring (bicyclic) bond motifs is 6. The Labute approximate surface area is 310 Å². The highest BCUT2D eigenvalue weighted by molar-refractivity contribution is 6.05. The van der Waals surface area contributed by atoms with Gasteiger partial charge in [-0.15, -0.1) is 0 Å². The molecule has 258 valence electrons. The van der Waals surface area contributed by atoms with Crippen LogP contribution in [0, 0.1) is 6.92 Å². The summed E-state index contributed by atoms with van der Waals surface area (Å²) in [5, 5.41) is 4.66. The molecule has 0 aromatic heterocycles. The van der Waals surface area contributed by atoms with Gasteiger partial charge in [0.1, 0.15) is 17.6 Å². The van der Waals surface area contributed by atoms with Crippen LogP contribution >= 0.6 is 0 Å². The predicted octanol–water partition coefficient (Wildman–Crippen LogP) is 11.3. The first-order chi connectivity index (χ1) is 26.2. The molecule has 7 aromatic carbocycles. The predicted molar refractivity (Wildman–Crippen MR) is 217 cm³/mol. The van der Waals surface area contributed by atoms with Crippen LogP contribution in [0.2, 0.25) is 0 Å². The lowest BCUT2D eigenvalue weighted by Gasteiger charge is -2.38. The Morgan fingerprint density at radius 2 is 1.32 bits per heavy atom. The summed E-state index contributed by atoms with van der Waals surface area (Å²) < 4.78 is 19.8. The number of hydrogen-bond acceptors (Lipinski definition) is 4. The third-order valence-electron chi connectivity index (χ3n) is 11.2. The first-order valence-corrected chi connectivity index (χ1v) is 18.6. The van der Waals surface area contributed by atoms with E-state index in [1.165, 1.54) is 27.6 Å². The molecule has 0 spiro atoms. The van der Waals surface area contributed by atoms with Crippen molar-refractivity contribution in [2.45, 2.75) is 18.6 Å². The second-order valence-corrected chi connectivity index (χ2v) is 14.2. The summed E-state index contributed by atoms with van der Waals surface area (Å²) in [4.78, 5) is 2.39. The van der Waals surface area contributed by atoms with Crippen molar-refractivity contribution in [2.24, 2.45) is 0 Å². The fourth-order valence-electron chi connectivity index (χ4n) is 8.56. The number of benzene rings is 7.